The van der Waals surface area contributed by atoms with E-state index in [0.29, 0.717) is 44.3 Å². The van der Waals surface area contributed by atoms with Crippen LogP contribution < -0.4 is 15.0 Å². The van der Waals surface area contributed by atoms with Crippen LogP contribution >= 0.6 is 43.5 Å². The van der Waals surface area contributed by atoms with E-state index in [1.54, 1.807) is 38.4 Å². The summed E-state index contributed by atoms with van der Waals surface area (Å²) in [5.41, 5.74) is 2.07. The van der Waals surface area contributed by atoms with Gasteiger partial charge < -0.3 is 9.47 Å². The van der Waals surface area contributed by atoms with Crippen molar-refractivity contribution in [2.45, 2.75) is 13.5 Å². The number of halogens is 3. The highest BCUT2D eigenvalue weighted by atomic mass is 79.9. The molecule has 0 aliphatic rings. The van der Waals surface area contributed by atoms with Crippen LogP contribution in [0, 0.1) is 6.92 Å². The molecule has 0 saturated carbocycles. The Kier molecular flexibility index (Phi) is 7.17. The minimum Gasteiger partial charge on any atom is -0.493 e. The summed E-state index contributed by atoms with van der Waals surface area (Å²) >= 11 is 12.9. The van der Waals surface area contributed by atoms with Crippen LogP contribution in [-0.2, 0) is 6.61 Å². The van der Waals surface area contributed by atoms with Crippen LogP contribution in [0.2, 0.25) is 5.02 Å². The number of hydrogen-bond donors (Lipinski definition) is 0. The molecule has 9 heteroatoms. The Morgan fingerprint density at radius 3 is 2.61 bits per heavy atom. The topological polar surface area (TPSA) is 65.7 Å². The number of methoxy groups -OCH3 is 1. The molecular formula is C24H18Br2ClN3O3. The van der Waals surface area contributed by atoms with Crippen LogP contribution in [0.25, 0.3) is 10.9 Å². The zero-order valence-electron chi connectivity index (χ0n) is 17.7. The maximum Gasteiger partial charge on any atom is 0.282 e. The lowest BCUT2D eigenvalue weighted by Gasteiger charge is -2.13. The van der Waals surface area contributed by atoms with E-state index in [0.717, 1.165) is 15.6 Å². The van der Waals surface area contributed by atoms with Crippen molar-refractivity contribution in [1.82, 2.24) is 9.66 Å². The first-order valence-corrected chi connectivity index (χ1v) is 11.8. The largest absolute Gasteiger partial charge is 0.493 e. The Labute approximate surface area is 212 Å². The van der Waals surface area contributed by atoms with Crippen LogP contribution in [0.3, 0.4) is 0 Å². The molecule has 6 nitrogen and oxygen atoms in total. The normalized spacial score (nSPS) is 11.3. The molecule has 1 heterocycles. The monoisotopic (exact) mass is 589 g/mol. The zero-order chi connectivity index (χ0) is 23.5. The Hall–Kier alpha value is -2.68. The smallest absolute Gasteiger partial charge is 0.282 e. The summed E-state index contributed by atoms with van der Waals surface area (Å²) in [6.07, 6.45) is 1.58. The van der Waals surface area contributed by atoms with Gasteiger partial charge in [-0.3, -0.25) is 4.79 Å². The summed E-state index contributed by atoms with van der Waals surface area (Å²) in [5, 5.41) is 5.53. The molecule has 0 amide bonds. The number of ether oxygens (including phenoxy) is 2. The highest BCUT2D eigenvalue weighted by Crippen LogP contribution is 2.37. The van der Waals surface area contributed by atoms with Crippen LogP contribution in [0.15, 0.2) is 73.4 Å². The number of fused-ring (bicyclic) bond motifs is 1. The van der Waals surface area contributed by atoms with Gasteiger partial charge in [-0.05, 0) is 76.4 Å². The fourth-order valence-electron chi connectivity index (χ4n) is 3.21. The van der Waals surface area contributed by atoms with Crippen molar-refractivity contribution in [3.05, 3.63) is 95.9 Å². The van der Waals surface area contributed by atoms with Gasteiger partial charge in [0.05, 0.1) is 28.7 Å². The predicted octanol–water partition coefficient (Wildman–Crippen LogP) is 6.35. The van der Waals surface area contributed by atoms with Crippen molar-refractivity contribution in [2.24, 2.45) is 5.10 Å². The van der Waals surface area contributed by atoms with Gasteiger partial charge >= 0.3 is 0 Å². The van der Waals surface area contributed by atoms with Gasteiger partial charge in [0.25, 0.3) is 5.56 Å². The van der Waals surface area contributed by atoms with Gasteiger partial charge in [-0.1, -0.05) is 39.7 Å². The van der Waals surface area contributed by atoms with Gasteiger partial charge in [-0.15, -0.1) is 0 Å². The Balaban J connectivity index is 1.63. The average Bonchev–Trinajstić information content (AvgIpc) is 2.79. The minimum absolute atomic E-state index is 0.246. The first-order valence-electron chi connectivity index (χ1n) is 9.84. The summed E-state index contributed by atoms with van der Waals surface area (Å²) in [6, 6.07) is 16.5. The maximum atomic E-state index is 12.9. The van der Waals surface area contributed by atoms with Gasteiger partial charge in [-0.25, -0.2) is 4.98 Å². The molecule has 0 bridgehead atoms. The lowest BCUT2D eigenvalue weighted by molar-refractivity contribution is 0.282. The van der Waals surface area contributed by atoms with Crippen molar-refractivity contribution < 1.29 is 9.47 Å². The second-order valence-corrected chi connectivity index (χ2v) is 9.34. The van der Waals surface area contributed by atoms with Crippen LogP contribution in [0.5, 0.6) is 11.5 Å². The third kappa shape index (κ3) is 5.29. The van der Waals surface area contributed by atoms with Crippen molar-refractivity contribution in [2.75, 3.05) is 7.11 Å². The molecule has 0 fully saturated rings. The van der Waals surface area contributed by atoms with Crippen molar-refractivity contribution in [3.8, 4) is 11.5 Å². The summed E-state index contributed by atoms with van der Waals surface area (Å²) in [4.78, 5) is 17.4. The molecule has 4 rings (SSSR count). The van der Waals surface area contributed by atoms with E-state index in [-0.39, 0.29) is 5.56 Å². The second-order valence-electron chi connectivity index (χ2n) is 7.13. The molecule has 0 atom stereocenters. The standard InChI is InChI=1S/C24H18Br2ClN3O3/c1-14-29-21-8-5-17(25)11-19(21)24(31)30(14)28-12-16-9-20(26)23(22(10-16)32-2)33-13-15-3-6-18(27)7-4-15/h3-12H,13H2,1-2H3. The Bertz CT molecular complexity index is 1420. The van der Waals surface area contributed by atoms with Gasteiger partial charge in [0.2, 0.25) is 0 Å². The first-order chi connectivity index (χ1) is 15.9. The van der Waals surface area contributed by atoms with E-state index < -0.39 is 0 Å². The zero-order valence-corrected chi connectivity index (χ0v) is 21.6. The minimum atomic E-state index is -0.246. The molecule has 0 unspecified atom stereocenters. The quantitative estimate of drug-likeness (QED) is 0.245. The Morgan fingerprint density at radius 1 is 1.12 bits per heavy atom. The number of nitrogens with zero attached hydrogens (tertiary/aromatic N) is 3. The number of hydrogen-bond acceptors (Lipinski definition) is 5. The van der Waals surface area contributed by atoms with Crippen LogP contribution in [0.1, 0.15) is 17.0 Å². The van der Waals surface area contributed by atoms with E-state index in [1.807, 2.05) is 36.4 Å². The Morgan fingerprint density at radius 2 is 1.88 bits per heavy atom. The number of aryl methyl sites for hydroxylation is 1. The molecule has 0 aliphatic carbocycles. The van der Waals surface area contributed by atoms with Crippen molar-refractivity contribution in [3.63, 3.8) is 0 Å². The van der Waals surface area contributed by atoms with E-state index in [4.69, 9.17) is 21.1 Å². The molecule has 0 aliphatic heterocycles. The molecule has 0 N–H and O–H groups in total. The lowest BCUT2D eigenvalue weighted by atomic mass is 10.2. The van der Waals surface area contributed by atoms with Gasteiger partial charge in [-0.2, -0.15) is 9.78 Å². The molecule has 0 spiro atoms. The fourth-order valence-corrected chi connectivity index (χ4v) is 4.27. The molecule has 3 aromatic carbocycles. The third-order valence-electron chi connectivity index (χ3n) is 4.84. The number of benzene rings is 3. The summed E-state index contributed by atoms with van der Waals surface area (Å²) < 4.78 is 14.3. The number of rotatable bonds is 6. The van der Waals surface area contributed by atoms with E-state index in [2.05, 4.69) is 41.9 Å². The third-order valence-corrected chi connectivity index (χ3v) is 6.17. The van der Waals surface area contributed by atoms with E-state index in [1.165, 1.54) is 4.68 Å². The van der Waals surface area contributed by atoms with E-state index >= 15 is 0 Å². The molecule has 0 saturated heterocycles. The fraction of sp³-hybridized carbons (Fsp3) is 0.125. The second kappa shape index (κ2) is 10.1. The van der Waals surface area contributed by atoms with E-state index in [9.17, 15) is 4.79 Å². The average molecular weight is 592 g/mol. The van der Waals surface area contributed by atoms with Crippen molar-refractivity contribution >= 4 is 60.6 Å². The lowest BCUT2D eigenvalue weighted by Crippen LogP contribution is -2.20. The molecule has 4 aromatic rings. The summed E-state index contributed by atoms with van der Waals surface area (Å²) in [6.45, 7) is 2.09. The number of aromatic nitrogens is 2. The molecule has 0 radical (unpaired) electrons. The first kappa shape index (κ1) is 23.5. The summed E-state index contributed by atoms with van der Waals surface area (Å²) in [7, 11) is 1.57. The highest BCUT2D eigenvalue weighted by Gasteiger charge is 2.12. The van der Waals surface area contributed by atoms with Gasteiger partial charge in [0, 0.05) is 9.50 Å². The van der Waals surface area contributed by atoms with Crippen molar-refractivity contribution in [1.29, 1.82) is 0 Å². The van der Waals surface area contributed by atoms with Crippen LogP contribution in [0.4, 0.5) is 0 Å². The summed E-state index contributed by atoms with van der Waals surface area (Å²) in [5.74, 6) is 1.58. The van der Waals surface area contributed by atoms with Gasteiger partial charge in [0.1, 0.15) is 12.4 Å². The van der Waals surface area contributed by atoms with Crippen LogP contribution in [-0.4, -0.2) is 23.0 Å². The SMILES string of the molecule is COc1cc(C=Nn2c(C)nc3ccc(Br)cc3c2=O)cc(Br)c1OCc1ccc(Cl)cc1. The molecular weight excluding hydrogens is 574 g/mol. The molecule has 1 aromatic heterocycles. The predicted molar refractivity (Wildman–Crippen MR) is 138 cm³/mol. The van der Waals surface area contributed by atoms with Gasteiger partial charge in [0.15, 0.2) is 11.5 Å². The molecule has 168 valence electrons. The molecule has 33 heavy (non-hydrogen) atoms. The maximum absolute atomic E-state index is 12.9. The highest BCUT2D eigenvalue weighted by molar-refractivity contribution is 9.10.